The van der Waals surface area contributed by atoms with E-state index in [1.54, 1.807) is 29.4 Å². The lowest BCUT2D eigenvalue weighted by atomic mass is 10.2. The molecule has 3 rings (SSSR count). The van der Waals surface area contributed by atoms with Gasteiger partial charge in [0.15, 0.2) is 0 Å². The van der Waals surface area contributed by atoms with Gasteiger partial charge in [-0.3, -0.25) is 4.79 Å². The fourth-order valence-corrected chi connectivity index (χ4v) is 2.85. The van der Waals surface area contributed by atoms with Crippen LogP contribution in [0.1, 0.15) is 6.42 Å². The Morgan fingerprint density at radius 2 is 1.92 bits per heavy atom. The molecule has 0 bridgehead atoms. The van der Waals surface area contributed by atoms with Gasteiger partial charge in [-0.05, 0) is 18.2 Å². The number of hydrogen-bond donors (Lipinski definition) is 1. The van der Waals surface area contributed by atoms with Gasteiger partial charge in [0, 0.05) is 44.3 Å². The molecule has 1 aromatic carbocycles. The Morgan fingerprint density at radius 3 is 2.52 bits per heavy atom. The Morgan fingerprint density at radius 1 is 1.20 bits per heavy atom. The fraction of sp³-hybridized carbons (Fsp3) is 0.375. The number of nitrogens with two attached hydrogens (primary N) is 1. The average molecular weight is 353 g/mol. The summed E-state index contributed by atoms with van der Waals surface area (Å²) in [7, 11) is 0. The Labute approximate surface area is 142 Å². The van der Waals surface area contributed by atoms with Crippen molar-refractivity contribution in [2.45, 2.75) is 12.6 Å². The van der Waals surface area contributed by atoms with Crippen LogP contribution in [0.5, 0.6) is 0 Å². The highest BCUT2D eigenvalue weighted by atomic mass is 19.4. The lowest BCUT2D eigenvalue weighted by Gasteiger charge is -2.36. The molecule has 1 saturated heterocycles. The third kappa shape index (κ3) is 4.04. The van der Waals surface area contributed by atoms with Crippen LogP contribution in [-0.2, 0) is 4.79 Å². The lowest BCUT2D eigenvalue weighted by Crippen LogP contribution is -2.49. The van der Waals surface area contributed by atoms with Crippen LogP contribution < -0.4 is 10.6 Å². The second-order valence-electron chi connectivity index (χ2n) is 5.87. The molecule has 1 aliphatic heterocycles. The molecule has 2 aromatic rings. The van der Waals surface area contributed by atoms with Crippen LogP contribution in [-0.4, -0.2) is 52.7 Å². The van der Waals surface area contributed by atoms with Gasteiger partial charge in [0.1, 0.15) is 6.42 Å². The van der Waals surface area contributed by atoms with Crippen LogP contribution in [0.15, 0.2) is 36.9 Å². The maximum absolute atomic E-state index is 12.3. The number of hydrogen-bond acceptors (Lipinski definition) is 4. The van der Waals surface area contributed by atoms with E-state index >= 15 is 0 Å². The normalized spacial score (nSPS) is 15.5. The first kappa shape index (κ1) is 17.1. The van der Waals surface area contributed by atoms with Gasteiger partial charge in [-0.1, -0.05) is 0 Å². The number of rotatable bonds is 3. The SMILES string of the molecule is Nc1ccc(N2CCN(C(=O)CC(F)(F)F)CC2)cc1-n1ccnc1. The largest absolute Gasteiger partial charge is 0.397 e. The highest BCUT2D eigenvalue weighted by molar-refractivity contribution is 5.77. The number of amides is 1. The van der Waals surface area contributed by atoms with E-state index in [1.165, 1.54) is 4.90 Å². The van der Waals surface area contributed by atoms with Crippen LogP contribution in [0, 0.1) is 0 Å². The first-order valence-electron chi connectivity index (χ1n) is 7.81. The third-order valence-corrected chi connectivity index (χ3v) is 4.15. The van der Waals surface area contributed by atoms with Crippen molar-refractivity contribution in [3.63, 3.8) is 0 Å². The zero-order valence-corrected chi connectivity index (χ0v) is 13.4. The molecule has 1 aliphatic rings. The fourth-order valence-electron chi connectivity index (χ4n) is 2.85. The average Bonchev–Trinajstić information content (AvgIpc) is 3.08. The van der Waals surface area contributed by atoms with Gasteiger partial charge in [0.05, 0.1) is 17.7 Å². The van der Waals surface area contributed by atoms with E-state index in [0.717, 1.165) is 11.4 Å². The molecule has 0 unspecified atom stereocenters. The number of carbonyl (C=O) groups is 1. The van der Waals surface area contributed by atoms with Crippen LogP contribution >= 0.6 is 0 Å². The maximum Gasteiger partial charge on any atom is 0.397 e. The second-order valence-corrected chi connectivity index (χ2v) is 5.87. The molecule has 2 N–H and O–H groups in total. The van der Waals surface area contributed by atoms with Crippen molar-refractivity contribution in [1.29, 1.82) is 0 Å². The van der Waals surface area contributed by atoms with Crippen molar-refractivity contribution in [3.05, 3.63) is 36.9 Å². The van der Waals surface area contributed by atoms with E-state index < -0.39 is 18.5 Å². The van der Waals surface area contributed by atoms with Crippen LogP contribution in [0.25, 0.3) is 5.69 Å². The minimum atomic E-state index is -4.47. The van der Waals surface area contributed by atoms with Crippen molar-refractivity contribution < 1.29 is 18.0 Å². The number of anilines is 2. The van der Waals surface area contributed by atoms with Crippen molar-refractivity contribution in [2.24, 2.45) is 0 Å². The summed E-state index contributed by atoms with van der Waals surface area (Å²) in [4.78, 5) is 19.0. The summed E-state index contributed by atoms with van der Waals surface area (Å²) in [5.41, 5.74) is 8.29. The van der Waals surface area contributed by atoms with Crippen LogP contribution in [0.2, 0.25) is 0 Å². The first-order chi connectivity index (χ1) is 11.8. The molecule has 0 saturated carbocycles. The van der Waals surface area contributed by atoms with Crippen molar-refractivity contribution in [2.75, 3.05) is 36.8 Å². The lowest BCUT2D eigenvalue weighted by molar-refractivity contribution is -0.161. The minimum Gasteiger partial charge on any atom is -0.397 e. The summed E-state index contributed by atoms with van der Waals surface area (Å²) < 4.78 is 38.8. The van der Waals surface area contributed by atoms with E-state index in [9.17, 15) is 18.0 Å². The molecule has 1 amide bonds. The number of carbonyl (C=O) groups excluding carboxylic acids is 1. The molecule has 9 heteroatoms. The standard InChI is InChI=1S/C16H18F3N5O/c17-16(18,19)10-15(25)23-7-5-22(6-8-23)12-1-2-13(20)14(9-12)24-4-3-21-11-24/h1-4,9,11H,5-8,10,20H2. The summed E-state index contributed by atoms with van der Waals surface area (Å²) in [6, 6.07) is 5.55. The van der Waals surface area contributed by atoms with Gasteiger partial charge in [0.2, 0.25) is 5.91 Å². The van der Waals surface area contributed by atoms with Gasteiger partial charge in [-0.2, -0.15) is 13.2 Å². The van der Waals surface area contributed by atoms with Crippen molar-refractivity contribution in [3.8, 4) is 5.69 Å². The zero-order valence-electron chi connectivity index (χ0n) is 13.4. The molecule has 6 nitrogen and oxygen atoms in total. The summed E-state index contributed by atoms with van der Waals surface area (Å²) in [6.45, 7) is 1.47. The van der Waals surface area contributed by atoms with Gasteiger partial charge in [0.25, 0.3) is 0 Å². The number of imidazole rings is 1. The predicted octanol–water partition coefficient (Wildman–Crippen LogP) is 2.06. The number of nitrogen functional groups attached to an aromatic ring is 1. The number of aromatic nitrogens is 2. The van der Waals surface area contributed by atoms with Crippen LogP contribution in [0.4, 0.5) is 24.5 Å². The Bertz CT molecular complexity index is 737. The van der Waals surface area contributed by atoms with Crippen LogP contribution in [0.3, 0.4) is 0 Å². The molecular weight excluding hydrogens is 335 g/mol. The molecule has 25 heavy (non-hydrogen) atoms. The summed E-state index contributed by atoms with van der Waals surface area (Å²) >= 11 is 0. The highest BCUT2D eigenvalue weighted by Gasteiger charge is 2.34. The van der Waals surface area contributed by atoms with Gasteiger partial charge in [-0.15, -0.1) is 0 Å². The maximum atomic E-state index is 12.3. The summed E-state index contributed by atoms with van der Waals surface area (Å²) in [6.07, 6.45) is -0.798. The number of halogens is 3. The highest BCUT2D eigenvalue weighted by Crippen LogP contribution is 2.26. The topological polar surface area (TPSA) is 67.4 Å². The molecule has 2 heterocycles. The molecule has 1 aromatic heterocycles. The Balaban J connectivity index is 1.67. The summed E-state index contributed by atoms with van der Waals surface area (Å²) in [5.74, 6) is -0.872. The zero-order chi connectivity index (χ0) is 18.0. The number of nitrogens with zero attached hydrogens (tertiary/aromatic N) is 4. The van der Waals surface area contributed by atoms with E-state index in [-0.39, 0.29) is 13.1 Å². The van der Waals surface area contributed by atoms with E-state index in [1.807, 2.05) is 17.0 Å². The number of alkyl halides is 3. The van der Waals surface area contributed by atoms with Gasteiger partial charge >= 0.3 is 6.18 Å². The Kier molecular flexibility index (Phi) is 4.56. The molecule has 0 spiro atoms. The number of piperazine rings is 1. The molecule has 0 atom stereocenters. The van der Waals surface area contributed by atoms with Gasteiger partial charge in [-0.25, -0.2) is 4.98 Å². The Hall–Kier alpha value is -2.71. The van der Waals surface area contributed by atoms with Gasteiger partial charge < -0.3 is 20.1 Å². The monoisotopic (exact) mass is 353 g/mol. The molecule has 134 valence electrons. The van der Waals surface area contributed by atoms with Crippen molar-refractivity contribution >= 4 is 17.3 Å². The molecule has 1 fully saturated rings. The minimum absolute atomic E-state index is 0.264. The second kappa shape index (κ2) is 6.66. The van der Waals surface area contributed by atoms with E-state index in [0.29, 0.717) is 18.8 Å². The quantitative estimate of drug-likeness (QED) is 0.858. The molecule has 0 aliphatic carbocycles. The summed E-state index contributed by atoms with van der Waals surface area (Å²) in [5, 5.41) is 0. The smallest absolute Gasteiger partial charge is 0.397 e. The van der Waals surface area contributed by atoms with Crippen molar-refractivity contribution in [1.82, 2.24) is 14.5 Å². The molecule has 0 radical (unpaired) electrons. The molecular formula is C16H18F3N5O. The third-order valence-electron chi connectivity index (χ3n) is 4.15. The predicted molar refractivity (Wildman–Crippen MR) is 87.4 cm³/mol. The van der Waals surface area contributed by atoms with E-state index in [4.69, 9.17) is 5.73 Å². The number of benzene rings is 1. The van der Waals surface area contributed by atoms with E-state index in [2.05, 4.69) is 4.98 Å². The first-order valence-corrected chi connectivity index (χ1v) is 7.81.